The summed E-state index contributed by atoms with van der Waals surface area (Å²) in [6.07, 6.45) is -8.89. The van der Waals surface area contributed by atoms with Crippen molar-refractivity contribution >= 4 is 46.0 Å². The van der Waals surface area contributed by atoms with Crippen LogP contribution in [0.2, 0.25) is 5.02 Å². The molecule has 0 saturated carbocycles. The van der Waals surface area contributed by atoms with E-state index in [9.17, 15) is 35.9 Å². The van der Waals surface area contributed by atoms with E-state index in [1.807, 2.05) is 5.32 Å². The van der Waals surface area contributed by atoms with E-state index in [4.69, 9.17) is 21.1 Å². The van der Waals surface area contributed by atoms with Crippen molar-refractivity contribution in [2.24, 2.45) is 0 Å². The van der Waals surface area contributed by atoms with Gasteiger partial charge < -0.3 is 19.7 Å². The summed E-state index contributed by atoms with van der Waals surface area (Å²) >= 11 is 5.85. The predicted molar refractivity (Wildman–Crippen MR) is 156 cm³/mol. The van der Waals surface area contributed by atoms with Gasteiger partial charge in [0.15, 0.2) is 18.2 Å². The minimum Gasteiger partial charge on any atom is -0.454 e. The molecule has 2 amide bonds. The van der Waals surface area contributed by atoms with Gasteiger partial charge in [-0.1, -0.05) is 11.6 Å². The Bertz CT molecular complexity index is 1770. The molecule has 0 unspecified atom stereocenters. The Labute approximate surface area is 272 Å². The molecule has 2 aromatic heterocycles. The number of hydrogen-bond donors (Lipinski definition) is 1. The Morgan fingerprint density at radius 2 is 1.65 bits per heavy atom. The number of halogens is 9. The Morgan fingerprint density at radius 3 is 2.19 bits per heavy atom. The number of ether oxygens (including phenoxy) is 2. The number of nitrogens with one attached hydrogen (secondary N) is 1. The van der Waals surface area contributed by atoms with Gasteiger partial charge in [-0.2, -0.15) is 36.3 Å². The van der Waals surface area contributed by atoms with Gasteiger partial charge in [0.25, 0.3) is 0 Å². The number of aromatic nitrogens is 3. The SMILES string of the molecule is CC(=O)Nc1cc(Cl)c(C(F)(F)F)c(-c2ncc3c(N4C[C@H]5CC[C@@H](C4)N5C(=O)OC(C)(C)C)nc(OCC(F)(F)F)nc3c2F)c1F. The Morgan fingerprint density at radius 1 is 1.02 bits per heavy atom. The lowest BCUT2D eigenvalue weighted by molar-refractivity contribution is -0.154. The van der Waals surface area contributed by atoms with Gasteiger partial charge in [0, 0.05) is 26.2 Å². The first-order valence-electron chi connectivity index (χ1n) is 14.3. The molecule has 2 bridgehead atoms. The van der Waals surface area contributed by atoms with E-state index in [-0.39, 0.29) is 24.3 Å². The molecule has 3 aromatic rings. The fourth-order valence-electron chi connectivity index (χ4n) is 5.74. The number of fused-ring (bicyclic) bond motifs is 3. The van der Waals surface area contributed by atoms with E-state index in [1.165, 1.54) is 0 Å². The Hall–Kier alpha value is -4.22. The molecule has 0 spiro atoms. The first-order valence-corrected chi connectivity index (χ1v) is 14.7. The molecule has 0 radical (unpaired) electrons. The topological polar surface area (TPSA) is 110 Å². The van der Waals surface area contributed by atoms with Crippen molar-refractivity contribution in [2.45, 2.75) is 70.6 Å². The van der Waals surface area contributed by atoms with Crippen LogP contribution in [0.1, 0.15) is 46.1 Å². The number of anilines is 2. The molecule has 1 N–H and O–H groups in total. The van der Waals surface area contributed by atoms with Crippen molar-refractivity contribution in [1.82, 2.24) is 19.9 Å². The van der Waals surface area contributed by atoms with Crippen LogP contribution < -0.4 is 15.0 Å². The molecule has 48 heavy (non-hydrogen) atoms. The van der Waals surface area contributed by atoms with Gasteiger partial charge in [0.05, 0.1) is 39.3 Å². The monoisotopic (exact) mass is 710 g/mol. The largest absolute Gasteiger partial charge is 0.454 e. The summed E-state index contributed by atoms with van der Waals surface area (Å²) in [6.45, 7) is 4.26. The molecule has 0 aliphatic carbocycles. The van der Waals surface area contributed by atoms with Gasteiger partial charge in [-0.15, -0.1) is 0 Å². The second-order valence-electron chi connectivity index (χ2n) is 12.2. The maximum atomic E-state index is 16.3. The molecule has 19 heteroatoms. The molecule has 260 valence electrons. The van der Waals surface area contributed by atoms with E-state index in [1.54, 1.807) is 30.6 Å². The van der Waals surface area contributed by atoms with Crippen LogP contribution in [0.3, 0.4) is 0 Å². The van der Waals surface area contributed by atoms with Gasteiger partial charge in [-0.25, -0.2) is 13.6 Å². The van der Waals surface area contributed by atoms with Crippen molar-refractivity contribution in [2.75, 3.05) is 29.9 Å². The summed E-state index contributed by atoms with van der Waals surface area (Å²) in [4.78, 5) is 39.2. The van der Waals surface area contributed by atoms with Gasteiger partial charge in [-0.3, -0.25) is 14.7 Å². The Balaban J connectivity index is 1.66. The zero-order chi connectivity index (χ0) is 35.5. The van der Waals surface area contributed by atoms with E-state index in [2.05, 4.69) is 15.0 Å². The highest BCUT2D eigenvalue weighted by Crippen LogP contribution is 2.46. The van der Waals surface area contributed by atoms with Crippen molar-refractivity contribution in [3.05, 3.63) is 34.5 Å². The first-order chi connectivity index (χ1) is 22.1. The normalized spacial score (nSPS) is 18.4. The van der Waals surface area contributed by atoms with E-state index in [0.717, 1.165) is 13.1 Å². The van der Waals surface area contributed by atoms with Gasteiger partial charge in [-0.05, 0) is 39.7 Å². The molecule has 1 aromatic carbocycles. The molecular weight excluding hydrogens is 684 g/mol. The standard InChI is InChI=1S/C29H27ClF8N6O4/c1-12(45)40-17-7-16(30)19(29(36,37)38)18(20(17)31)23-21(32)22-15(8-39-23)24(42-25(41-22)47-11-28(33,34)35)43-9-13-5-6-14(10-43)44(13)26(46)48-27(2,3)4/h7-8,13-14H,5-6,9-11H2,1-4H3,(H,40,45)/t13-,14+. The number of hydrogen-bond acceptors (Lipinski definition) is 8. The molecular formula is C29H27ClF8N6O4. The average molecular weight is 711 g/mol. The van der Waals surface area contributed by atoms with Crippen molar-refractivity contribution < 1.29 is 54.2 Å². The first kappa shape index (κ1) is 35.1. The fourth-order valence-corrected chi connectivity index (χ4v) is 6.05. The van der Waals surface area contributed by atoms with Crippen LogP contribution in [0, 0.1) is 11.6 Å². The zero-order valence-corrected chi connectivity index (χ0v) is 26.4. The lowest BCUT2D eigenvalue weighted by atomic mass is 10.00. The number of alkyl halides is 6. The van der Waals surface area contributed by atoms with Gasteiger partial charge >= 0.3 is 24.5 Å². The van der Waals surface area contributed by atoms with E-state index >= 15 is 8.78 Å². The highest BCUT2D eigenvalue weighted by Gasteiger charge is 2.46. The smallest absolute Gasteiger partial charge is 0.422 e. The highest BCUT2D eigenvalue weighted by molar-refractivity contribution is 6.32. The van der Waals surface area contributed by atoms with E-state index < -0.39 is 99.3 Å². The van der Waals surface area contributed by atoms with Crippen molar-refractivity contribution in [1.29, 1.82) is 0 Å². The lowest BCUT2D eigenvalue weighted by Gasteiger charge is -2.42. The number of rotatable bonds is 5. The van der Waals surface area contributed by atoms with E-state index in [0.29, 0.717) is 18.9 Å². The highest BCUT2D eigenvalue weighted by atomic mass is 35.5. The second kappa shape index (κ2) is 12.3. The van der Waals surface area contributed by atoms with Crippen LogP contribution in [0.25, 0.3) is 22.2 Å². The second-order valence-corrected chi connectivity index (χ2v) is 12.7. The molecule has 2 atom stereocenters. The van der Waals surface area contributed by atoms with Gasteiger partial charge in [0.2, 0.25) is 5.91 Å². The third-order valence-electron chi connectivity index (χ3n) is 7.44. The molecule has 2 aliphatic rings. The fraction of sp³-hybridized carbons (Fsp3) is 0.483. The summed E-state index contributed by atoms with van der Waals surface area (Å²) in [5.41, 5.74) is -6.98. The zero-order valence-electron chi connectivity index (χ0n) is 25.6. The van der Waals surface area contributed by atoms with Crippen LogP contribution in [0.5, 0.6) is 6.01 Å². The van der Waals surface area contributed by atoms with Gasteiger partial charge in [0.1, 0.15) is 22.6 Å². The summed E-state index contributed by atoms with van der Waals surface area (Å²) in [5.74, 6) is -4.46. The number of carbonyl (C=O) groups is 2. The summed E-state index contributed by atoms with van der Waals surface area (Å²) in [5, 5.41) is 0.629. The molecule has 5 rings (SSSR count). The maximum absolute atomic E-state index is 16.3. The summed E-state index contributed by atoms with van der Waals surface area (Å²) in [7, 11) is 0. The van der Waals surface area contributed by atoms with Crippen LogP contribution in [-0.2, 0) is 15.7 Å². The van der Waals surface area contributed by atoms with Crippen molar-refractivity contribution in [3.8, 4) is 17.3 Å². The number of nitrogens with zero attached hydrogens (tertiary/aromatic N) is 5. The lowest BCUT2D eigenvalue weighted by Crippen LogP contribution is -2.57. The summed E-state index contributed by atoms with van der Waals surface area (Å²) in [6, 6.07) is -1.36. The van der Waals surface area contributed by atoms with Crippen LogP contribution in [-0.4, -0.2) is 75.4 Å². The third kappa shape index (κ3) is 7.12. The number of pyridine rings is 1. The number of benzene rings is 1. The number of piperazine rings is 1. The molecule has 2 saturated heterocycles. The quantitative estimate of drug-likeness (QED) is 0.279. The molecule has 2 fully saturated rings. The molecule has 4 heterocycles. The summed E-state index contributed by atoms with van der Waals surface area (Å²) < 4.78 is 124. The number of amides is 2. The van der Waals surface area contributed by atoms with Crippen LogP contribution in [0.4, 0.5) is 51.4 Å². The van der Waals surface area contributed by atoms with Crippen LogP contribution in [0.15, 0.2) is 12.3 Å². The molecule has 2 aliphatic heterocycles. The number of carbonyl (C=O) groups excluding carboxylic acids is 2. The van der Waals surface area contributed by atoms with Crippen molar-refractivity contribution in [3.63, 3.8) is 0 Å². The minimum atomic E-state index is -5.35. The third-order valence-corrected chi connectivity index (χ3v) is 7.74. The predicted octanol–water partition coefficient (Wildman–Crippen LogP) is 7.13. The minimum absolute atomic E-state index is 0.0607. The average Bonchev–Trinajstić information content (AvgIpc) is 3.21. The molecule has 10 nitrogen and oxygen atoms in total. The van der Waals surface area contributed by atoms with Crippen LogP contribution >= 0.6 is 11.6 Å². The maximum Gasteiger partial charge on any atom is 0.422 e. The Kier molecular flexibility index (Phi) is 9.03.